The van der Waals surface area contributed by atoms with E-state index in [1.807, 2.05) is 6.92 Å². The molecule has 0 unspecified atom stereocenters. The predicted molar refractivity (Wildman–Crippen MR) is 92.8 cm³/mol. The molecule has 0 bridgehead atoms. The summed E-state index contributed by atoms with van der Waals surface area (Å²) >= 11 is 0. The molecule has 6 nitrogen and oxygen atoms in total. The Bertz CT molecular complexity index is 617. The summed E-state index contributed by atoms with van der Waals surface area (Å²) in [5.41, 5.74) is 1.29. The molecule has 1 amide bonds. The second-order valence-electron chi connectivity index (χ2n) is 6.04. The topological polar surface area (TPSA) is 65.1 Å². The molecule has 1 heterocycles. The summed E-state index contributed by atoms with van der Waals surface area (Å²) < 4.78 is 16.0. The highest BCUT2D eigenvalue weighted by Gasteiger charge is 2.30. The number of hydrogen-bond acceptors (Lipinski definition) is 5. The number of hydrogen-bond donors (Lipinski definition) is 0. The van der Waals surface area contributed by atoms with Crippen LogP contribution in [0.15, 0.2) is 18.2 Å². The lowest BCUT2D eigenvalue weighted by atomic mass is 9.96. The van der Waals surface area contributed by atoms with Crippen molar-refractivity contribution < 1.29 is 23.8 Å². The Kier molecular flexibility index (Phi) is 5.99. The molecular formula is C17H23NO5S. The molecule has 0 radical (unpaired) electrons. The van der Waals surface area contributed by atoms with Gasteiger partial charge in [-0.15, -0.1) is 0 Å². The molecule has 7 heteroatoms. The summed E-state index contributed by atoms with van der Waals surface area (Å²) in [7, 11) is 1.34. The molecule has 1 aliphatic carbocycles. The van der Waals surface area contributed by atoms with Gasteiger partial charge in [-0.05, 0) is 38.3 Å². The molecule has 1 atom stereocenters. The molecule has 1 aromatic carbocycles. The molecule has 1 saturated carbocycles. The number of fused-ring (bicyclic) bond motifs is 1. The van der Waals surface area contributed by atoms with Gasteiger partial charge in [0.05, 0.1) is 25.3 Å². The van der Waals surface area contributed by atoms with Gasteiger partial charge in [0.1, 0.15) is 18.5 Å². The summed E-state index contributed by atoms with van der Waals surface area (Å²) in [6, 6.07) is 5.04. The summed E-state index contributed by atoms with van der Waals surface area (Å²) in [4.78, 5) is 25.7. The van der Waals surface area contributed by atoms with Crippen molar-refractivity contribution in [2.24, 2.45) is 0 Å². The van der Waals surface area contributed by atoms with E-state index in [-0.39, 0.29) is 31.7 Å². The normalized spacial score (nSPS) is 19.8. The number of benzene rings is 1. The van der Waals surface area contributed by atoms with Crippen LogP contribution < -0.4 is 4.74 Å². The van der Waals surface area contributed by atoms with Gasteiger partial charge in [0.25, 0.3) is 0 Å². The van der Waals surface area contributed by atoms with Crippen molar-refractivity contribution in [1.82, 2.24) is 4.90 Å². The Morgan fingerprint density at radius 3 is 2.67 bits per heavy atom. The van der Waals surface area contributed by atoms with E-state index in [1.54, 1.807) is 23.1 Å². The monoisotopic (exact) mass is 353 g/mol. The first kappa shape index (κ1) is 18.4. The number of carbonyl (C=O) groups excluding carboxylic acids is 2. The van der Waals surface area contributed by atoms with Crippen molar-refractivity contribution in [3.05, 3.63) is 29.3 Å². The fourth-order valence-electron chi connectivity index (χ4n) is 2.65. The molecule has 24 heavy (non-hydrogen) atoms. The molecule has 3 rings (SSSR count). The van der Waals surface area contributed by atoms with Gasteiger partial charge < -0.3 is 14.2 Å². The zero-order valence-corrected chi connectivity index (χ0v) is 14.9. The van der Waals surface area contributed by atoms with Gasteiger partial charge in [-0.1, -0.05) is 6.07 Å². The number of amides is 1. The van der Waals surface area contributed by atoms with Gasteiger partial charge in [-0.25, -0.2) is 9.59 Å². The van der Waals surface area contributed by atoms with E-state index in [0.717, 1.165) is 24.8 Å². The highest BCUT2D eigenvalue weighted by atomic mass is 32.1. The number of esters is 1. The Labute approximate surface area is 148 Å². The first-order chi connectivity index (χ1) is 11.1. The number of methoxy groups -OCH3 is 1. The maximum atomic E-state index is 12.4. The van der Waals surface area contributed by atoms with E-state index in [9.17, 15) is 9.59 Å². The van der Waals surface area contributed by atoms with Crippen molar-refractivity contribution >= 4 is 25.6 Å². The lowest BCUT2D eigenvalue weighted by Crippen LogP contribution is -2.42. The smallest absolute Gasteiger partial charge is 0.410 e. The van der Waals surface area contributed by atoms with E-state index in [0.29, 0.717) is 24.5 Å². The van der Waals surface area contributed by atoms with Crippen LogP contribution in [0.5, 0.6) is 5.75 Å². The quantitative estimate of drug-likeness (QED) is 0.765. The largest absolute Gasteiger partial charge is 0.491 e. The number of rotatable bonds is 2. The van der Waals surface area contributed by atoms with Crippen LogP contribution in [0, 0.1) is 0 Å². The molecule has 132 valence electrons. The standard InChI is InChI=1S/C17H21NO5.H2S/c1-11-10-22-15-8-12(16(19)21-2)6-7-13(15)9-18(11)17(20)23-14-4-3-5-14;/h6-8,11,14H,3-5,9-10H2,1-2H3;1H2/t11-;/m0./s1. The van der Waals surface area contributed by atoms with Crippen LogP contribution in [0.3, 0.4) is 0 Å². The molecule has 0 aromatic heterocycles. The maximum absolute atomic E-state index is 12.4. The fourth-order valence-corrected chi connectivity index (χ4v) is 2.65. The second-order valence-corrected chi connectivity index (χ2v) is 6.04. The van der Waals surface area contributed by atoms with Gasteiger partial charge >= 0.3 is 12.1 Å². The minimum atomic E-state index is -0.407. The van der Waals surface area contributed by atoms with Gasteiger partial charge in [-0.3, -0.25) is 4.90 Å². The Morgan fingerprint density at radius 1 is 1.29 bits per heavy atom. The Balaban J connectivity index is 0.00000208. The zero-order valence-electron chi connectivity index (χ0n) is 13.9. The number of nitrogens with zero attached hydrogens (tertiary/aromatic N) is 1. The third kappa shape index (κ3) is 3.77. The summed E-state index contributed by atoms with van der Waals surface area (Å²) in [5, 5.41) is 0. The van der Waals surface area contributed by atoms with Gasteiger partial charge in [-0.2, -0.15) is 13.5 Å². The van der Waals surface area contributed by atoms with Crippen LogP contribution in [0.25, 0.3) is 0 Å². The third-order valence-electron chi connectivity index (χ3n) is 4.40. The van der Waals surface area contributed by atoms with Crippen LogP contribution in [-0.4, -0.2) is 42.8 Å². The minimum absolute atomic E-state index is 0. The van der Waals surface area contributed by atoms with Crippen LogP contribution in [0.1, 0.15) is 42.1 Å². The Morgan fingerprint density at radius 2 is 2.04 bits per heavy atom. The summed E-state index contributed by atoms with van der Waals surface area (Å²) in [6.07, 6.45) is 2.78. The maximum Gasteiger partial charge on any atom is 0.410 e. The number of carbonyl (C=O) groups is 2. The van der Waals surface area contributed by atoms with Crippen LogP contribution >= 0.6 is 13.5 Å². The third-order valence-corrected chi connectivity index (χ3v) is 4.40. The first-order valence-corrected chi connectivity index (χ1v) is 7.89. The van der Waals surface area contributed by atoms with Gasteiger partial charge in [0, 0.05) is 5.56 Å². The van der Waals surface area contributed by atoms with Crippen LogP contribution in [0.2, 0.25) is 0 Å². The molecule has 0 N–H and O–H groups in total. The Hall–Kier alpha value is -1.89. The highest BCUT2D eigenvalue weighted by Crippen LogP contribution is 2.28. The van der Waals surface area contributed by atoms with E-state index in [4.69, 9.17) is 14.2 Å². The molecule has 0 spiro atoms. The molecule has 1 fully saturated rings. The lowest BCUT2D eigenvalue weighted by molar-refractivity contribution is 0.0157. The molecule has 1 aromatic rings. The van der Waals surface area contributed by atoms with Crippen molar-refractivity contribution in [2.75, 3.05) is 13.7 Å². The van der Waals surface area contributed by atoms with Crippen molar-refractivity contribution in [1.29, 1.82) is 0 Å². The van der Waals surface area contributed by atoms with Crippen molar-refractivity contribution in [2.45, 2.75) is 44.9 Å². The van der Waals surface area contributed by atoms with Crippen LogP contribution in [0.4, 0.5) is 4.79 Å². The zero-order chi connectivity index (χ0) is 16.4. The number of ether oxygens (including phenoxy) is 3. The lowest BCUT2D eigenvalue weighted by Gasteiger charge is -2.31. The predicted octanol–water partition coefficient (Wildman–Crippen LogP) is 2.86. The molecule has 0 saturated heterocycles. The van der Waals surface area contributed by atoms with Crippen molar-refractivity contribution in [3.8, 4) is 5.75 Å². The van der Waals surface area contributed by atoms with E-state index in [2.05, 4.69) is 0 Å². The first-order valence-electron chi connectivity index (χ1n) is 7.89. The average Bonchev–Trinajstić information content (AvgIpc) is 2.69. The molecule has 1 aliphatic heterocycles. The summed E-state index contributed by atoms with van der Waals surface area (Å²) in [6.45, 7) is 2.69. The average molecular weight is 353 g/mol. The van der Waals surface area contributed by atoms with Crippen molar-refractivity contribution in [3.63, 3.8) is 0 Å². The second kappa shape index (κ2) is 7.79. The molecular weight excluding hydrogens is 330 g/mol. The highest BCUT2D eigenvalue weighted by molar-refractivity contribution is 7.59. The molecule has 2 aliphatic rings. The van der Waals surface area contributed by atoms with Gasteiger partial charge in [0.2, 0.25) is 0 Å². The van der Waals surface area contributed by atoms with E-state index >= 15 is 0 Å². The fraction of sp³-hybridized carbons (Fsp3) is 0.529. The van der Waals surface area contributed by atoms with E-state index in [1.165, 1.54) is 7.11 Å². The van der Waals surface area contributed by atoms with E-state index < -0.39 is 5.97 Å². The SMILES string of the molecule is COC(=O)c1ccc2c(c1)OC[C@H](C)N(C(=O)OC1CCC1)C2.S. The van der Waals surface area contributed by atoms with Crippen LogP contribution in [-0.2, 0) is 16.0 Å². The van der Waals surface area contributed by atoms with Gasteiger partial charge in [0.15, 0.2) is 0 Å². The summed E-state index contributed by atoms with van der Waals surface area (Å²) in [5.74, 6) is 0.202. The minimum Gasteiger partial charge on any atom is -0.491 e.